The maximum Gasteiger partial charge on any atom is 0.0950 e. The predicted octanol–water partition coefficient (Wildman–Crippen LogP) is 2.21. The van der Waals surface area contributed by atoms with Gasteiger partial charge in [0.05, 0.1) is 18.2 Å². The average molecular weight is 210 g/mol. The van der Waals surface area contributed by atoms with Crippen molar-refractivity contribution in [3.8, 4) is 6.07 Å². The molecule has 1 saturated carbocycles. The summed E-state index contributed by atoms with van der Waals surface area (Å²) in [6.07, 6.45) is 5.81. The molecule has 0 aromatic heterocycles. The minimum absolute atomic E-state index is 0.370. The third kappa shape index (κ3) is 4.63. The zero-order valence-electron chi connectivity index (χ0n) is 9.83. The largest absolute Gasteiger partial charge is 0.378 e. The topological polar surface area (TPSA) is 59.0 Å². The van der Waals surface area contributed by atoms with Crippen molar-refractivity contribution in [2.45, 2.75) is 58.1 Å². The van der Waals surface area contributed by atoms with Crippen LogP contribution in [0.4, 0.5) is 0 Å². The third-order valence-corrected chi connectivity index (χ3v) is 3.23. The molecule has 15 heavy (non-hydrogen) atoms. The lowest BCUT2D eigenvalue weighted by atomic mass is 9.76. The first-order valence-corrected chi connectivity index (χ1v) is 5.80. The van der Waals surface area contributed by atoms with Crippen LogP contribution in [0.1, 0.15) is 46.0 Å². The summed E-state index contributed by atoms with van der Waals surface area (Å²) in [6, 6.07) is 1.64. The molecule has 1 rings (SSSR count). The van der Waals surface area contributed by atoms with E-state index in [4.69, 9.17) is 15.7 Å². The van der Waals surface area contributed by atoms with Gasteiger partial charge in [-0.3, -0.25) is 0 Å². The molecule has 0 spiro atoms. The number of hydrogen-bond acceptors (Lipinski definition) is 3. The molecule has 0 bridgehead atoms. The maximum absolute atomic E-state index is 8.51. The van der Waals surface area contributed by atoms with E-state index >= 15 is 0 Å². The van der Waals surface area contributed by atoms with Crippen molar-refractivity contribution in [2.75, 3.05) is 6.61 Å². The van der Waals surface area contributed by atoms with Crippen LogP contribution < -0.4 is 5.73 Å². The summed E-state index contributed by atoms with van der Waals surface area (Å²) in [7, 11) is 0. The van der Waals surface area contributed by atoms with Gasteiger partial charge in [-0.15, -0.1) is 0 Å². The lowest BCUT2D eigenvalue weighted by molar-refractivity contribution is 0.00281. The van der Waals surface area contributed by atoms with Crippen LogP contribution in [0.2, 0.25) is 0 Å². The minimum atomic E-state index is -0.370. The lowest BCUT2D eigenvalue weighted by Crippen LogP contribution is -2.28. The number of rotatable bonds is 4. The molecule has 3 heteroatoms. The number of hydrogen-bond donors (Lipinski definition) is 1. The molecule has 1 unspecified atom stereocenters. The van der Waals surface area contributed by atoms with Crippen LogP contribution in [-0.2, 0) is 4.74 Å². The summed E-state index contributed by atoms with van der Waals surface area (Å²) in [4.78, 5) is 0. The second-order valence-electron chi connectivity index (χ2n) is 5.26. The summed E-state index contributed by atoms with van der Waals surface area (Å²) in [5.74, 6) is 0. The van der Waals surface area contributed by atoms with E-state index in [1.165, 1.54) is 12.8 Å². The fourth-order valence-electron chi connectivity index (χ4n) is 1.97. The number of nitrogens with zero attached hydrogens (tertiary/aromatic N) is 1. The van der Waals surface area contributed by atoms with Crippen LogP contribution in [0.25, 0.3) is 0 Å². The Hall–Kier alpha value is -0.590. The molecule has 0 aromatic carbocycles. The number of nitriles is 1. The van der Waals surface area contributed by atoms with E-state index in [1.807, 2.05) is 6.07 Å². The van der Waals surface area contributed by atoms with Crippen molar-refractivity contribution in [1.29, 1.82) is 5.26 Å². The Balaban J connectivity index is 2.12. The summed E-state index contributed by atoms with van der Waals surface area (Å²) in [5.41, 5.74) is 5.98. The molecule has 2 N–H and O–H groups in total. The molecule has 0 aromatic rings. The molecule has 0 heterocycles. The quantitative estimate of drug-likeness (QED) is 0.774. The molecule has 1 aliphatic rings. The highest BCUT2D eigenvalue weighted by atomic mass is 16.5. The Kier molecular flexibility index (Phi) is 4.56. The van der Waals surface area contributed by atoms with Crippen LogP contribution in [0.5, 0.6) is 0 Å². The van der Waals surface area contributed by atoms with Crippen LogP contribution in [0, 0.1) is 16.7 Å². The maximum atomic E-state index is 8.51. The average Bonchev–Trinajstić information content (AvgIpc) is 2.20. The van der Waals surface area contributed by atoms with Gasteiger partial charge < -0.3 is 10.5 Å². The molecular weight excluding hydrogens is 188 g/mol. The SMILES string of the molecule is CC1(C)CCC(OCCC(N)C#N)CC1. The van der Waals surface area contributed by atoms with Crippen molar-refractivity contribution >= 4 is 0 Å². The summed E-state index contributed by atoms with van der Waals surface area (Å²) >= 11 is 0. The van der Waals surface area contributed by atoms with E-state index in [9.17, 15) is 0 Å². The van der Waals surface area contributed by atoms with Gasteiger partial charge in [0.15, 0.2) is 0 Å². The molecule has 1 atom stereocenters. The molecular formula is C12H22N2O. The van der Waals surface area contributed by atoms with Gasteiger partial charge in [-0.2, -0.15) is 5.26 Å². The van der Waals surface area contributed by atoms with E-state index in [1.54, 1.807) is 0 Å². The van der Waals surface area contributed by atoms with Crippen molar-refractivity contribution < 1.29 is 4.74 Å². The Labute approximate surface area is 92.6 Å². The first kappa shape index (κ1) is 12.5. The van der Waals surface area contributed by atoms with Crippen LogP contribution >= 0.6 is 0 Å². The smallest absolute Gasteiger partial charge is 0.0950 e. The third-order valence-electron chi connectivity index (χ3n) is 3.23. The second-order valence-corrected chi connectivity index (χ2v) is 5.26. The Bertz CT molecular complexity index is 222. The Morgan fingerprint density at radius 3 is 2.60 bits per heavy atom. The fraction of sp³-hybridized carbons (Fsp3) is 0.917. The first-order chi connectivity index (χ1) is 7.03. The number of ether oxygens (including phenoxy) is 1. The molecule has 0 radical (unpaired) electrons. The van der Waals surface area contributed by atoms with Gasteiger partial charge in [0, 0.05) is 6.61 Å². The van der Waals surface area contributed by atoms with Gasteiger partial charge in [-0.1, -0.05) is 13.8 Å². The van der Waals surface area contributed by atoms with E-state index < -0.39 is 0 Å². The van der Waals surface area contributed by atoms with Crippen molar-refractivity contribution in [1.82, 2.24) is 0 Å². The zero-order chi connectivity index (χ0) is 11.3. The molecule has 0 amide bonds. The molecule has 86 valence electrons. The number of nitrogens with two attached hydrogens (primary N) is 1. The van der Waals surface area contributed by atoms with Gasteiger partial charge >= 0.3 is 0 Å². The molecule has 0 saturated heterocycles. The highest BCUT2D eigenvalue weighted by Gasteiger charge is 2.26. The Morgan fingerprint density at radius 2 is 2.07 bits per heavy atom. The normalized spacial score (nSPS) is 23.3. The first-order valence-electron chi connectivity index (χ1n) is 5.80. The summed E-state index contributed by atoms with van der Waals surface area (Å²) < 4.78 is 5.72. The van der Waals surface area contributed by atoms with Crippen LogP contribution in [0.3, 0.4) is 0 Å². The van der Waals surface area contributed by atoms with Crippen molar-refractivity contribution in [3.05, 3.63) is 0 Å². The van der Waals surface area contributed by atoms with E-state index in [2.05, 4.69) is 13.8 Å². The molecule has 1 aliphatic carbocycles. The fourth-order valence-corrected chi connectivity index (χ4v) is 1.97. The highest BCUT2D eigenvalue weighted by Crippen LogP contribution is 2.36. The van der Waals surface area contributed by atoms with E-state index in [-0.39, 0.29) is 6.04 Å². The van der Waals surface area contributed by atoms with Gasteiger partial charge in [-0.05, 0) is 37.5 Å². The standard InChI is InChI=1S/C12H22N2O/c1-12(2)6-3-11(4-7-12)15-8-5-10(14)9-13/h10-11H,3-8,14H2,1-2H3. The van der Waals surface area contributed by atoms with Crippen LogP contribution in [0.15, 0.2) is 0 Å². The molecule has 1 fully saturated rings. The monoisotopic (exact) mass is 210 g/mol. The summed E-state index contributed by atoms with van der Waals surface area (Å²) in [6.45, 7) is 5.25. The summed E-state index contributed by atoms with van der Waals surface area (Å²) in [5, 5.41) is 8.51. The van der Waals surface area contributed by atoms with Gasteiger partial charge in [0.25, 0.3) is 0 Å². The highest BCUT2D eigenvalue weighted by molar-refractivity contribution is 4.86. The molecule has 0 aliphatic heterocycles. The van der Waals surface area contributed by atoms with Crippen LogP contribution in [-0.4, -0.2) is 18.8 Å². The molecule has 3 nitrogen and oxygen atoms in total. The predicted molar refractivity (Wildman–Crippen MR) is 60.2 cm³/mol. The Morgan fingerprint density at radius 1 is 1.47 bits per heavy atom. The van der Waals surface area contributed by atoms with Gasteiger partial charge in [0.1, 0.15) is 0 Å². The van der Waals surface area contributed by atoms with E-state index in [0.717, 1.165) is 12.8 Å². The van der Waals surface area contributed by atoms with Crippen molar-refractivity contribution in [3.63, 3.8) is 0 Å². The zero-order valence-corrected chi connectivity index (χ0v) is 9.83. The van der Waals surface area contributed by atoms with Gasteiger partial charge in [0.2, 0.25) is 0 Å². The lowest BCUT2D eigenvalue weighted by Gasteiger charge is -2.34. The minimum Gasteiger partial charge on any atom is -0.378 e. The van der Waals surface area contributed by atoms with Crippen molar-refractivity contribution in [2.24, 2.45) is 11.1 Å². The van der Waals surface area contributed by atoms with E-state index in [0.29, 0.717) is 24.5 Å². The second kappa shape index (κ2) is 5.48. The van der Waals surface area contributed by atoms with Gasteiger partial charge in [-0.25, -0.2) is 0 Å².